The zero-order valence-corrected chi connectivity index (χ0v) is 16.5. The van der Waals surface area contributed by atoms with Crippen LogP contribution in [0.4, 0.5) is 5.69 Å². The molecule has 0 aliphatic rings. The van der Waals surface area contributed by atoms with Crippen LogP contribution in [0.5, 0.6) is 0 Å². The first kappa shape index (κ1) is 18.8. The molecule has 1 N–H and O–H groups in total. The van der Waals surface area contributed by atoms with Crippen LogP contribution in [0.2, 0.25) is 0 Å². The van der Waals surface area contributed by atoms with Crippen LogP contribution in [-0.4, -0.2) is 22.1 Å². The highest BCUT2D eigenvalue weighted by atomic mass is 79.9. The van der Waals surface area contributed by atoms with Crippen LogP contribution >= 0.6 is 39.9 Å². The molecule has 0 unspecified atom stereocenters. The number of aryl methyl sites for hydroxylation is 1. The van der Waals surface area contributed by atoms with Gasteiger partial charge in [0.2, 0.25) is 0 Å². The number of halogens is 1. The number of hydrogen-bond acceptors (Lipinski definition) is 4. The standard InChI is InChI=1S/C18H16BrNO2S2/c1-11-3-8-15(20-18(23)24-2)14(9-11)17(22)10-16(21)12-4-6-13(19)7-5-12/h3-9H,10H2,1-2H3,(H,20,23). The Bertz CT molecular complexity index is 788. The van der Waals surface area contributed by atoms with Gasteiger partial charge in [-0.1, -0.05) is 51.9 Å². The fourth-order valence-electron chi connectivity index (χ4n) is 2.14. The fourth-order valence-corrected chi connectivity index (χ4v) is 2.72. The molecule has 0 aromatic heterocycles. The second-order valence-electron chi connectivity index (χ2n) is 5.20. The number of anilines is 1. The van der Waals surface area contributed by atoms with Crippen molar-refractivity contribution in [1.29, 1.82) is 0 Å². The molecule has 3 nitrogen and oxygen atoms in total. The van der Waals surface area contributed by atoms with Crippen molar-refractivity contribution in [2.24, 2.45) is 0 Å². The molecule has 0 saturated heterocycles. The summed E-state index contributed by atoms with van der Waals surface area (Å²) in [6, 6.07) is 12.5. The van der Waals surface area contributed by atoms with Crippen molar-refractivity contribution in [2.75, 3.05) is 11.6 Å². The fraction of sp³-hybridized carbons (Fsp3) is 0.167. The predicted molar refractivity (Wildman–Crippen MR) is 108 cm³/mol. The second-order valence-corrected chi connectivity index (χ2v) is 7.59. The molecule has 2 aromatic carbocycles. The van der Waals surface area contributed by atoms with E-state index in [0.717, 1.165) is 10.0 Å². The third kappa shape index (κ3) is 5.00. The average molecular weight is 422 g/mol. The summed E-state index contributed by atoms with van der Waals surface area (Å²) in [5.41, 5.74) is 2.59. The van der Waals surface area contributed by atoms with Crippen LogP contribution in [0.25, 0.3) is 0 Å². The van der Waals surface area contributed by atoms with E-state index in [1.54, 1.807) is 30.3 Å². The summed E-state index contributed by atoms with van der Waals surface area (Å²) in [4.78, 5) is 24.9. The lowest BCUT2D eigenvalue weighted by Gasteiger charge is -2.12. The van der Waals surface area contributed by atoms with Crippen LogP contribution in [0.1, 0.15) is 32.7 Å². The Morgan fingerprint density at radius 2 is 1.79 bits per heavy atom. The summed E-state index contributed by atoms with van der Waals surface area (Å²) < 4.78 is 1.47. The van der Waals surface area contributed by atoms with Gasteiger partial charge in [-0.3, -0.25) is 9.59 Å². The molecule has 2 rings (SSSR count). The molecule has 0 amide bonds. The lowest BCUT2D eigenvalue weighted by molar-refractivity contribution is 0.0894. The lowest BCUT2D eigenvalue weighted by Crippen LogP contribution is -2.13. The van der Waals surface area contributed by atoms with Gasteiger partial charge in [0.15, 0.2) is 11.6 Å². The van der Waals surface area contributed by atoms with E-state index >= 15 is 0 Å². The number of hydrogen-bond donors (Lipinski definition) is 1. The van der Waals surface area contributed by atoms with E-state index in [0.29, 0.717) is 21.1 Å². The molecule has 0 aliphatic heterocycles. The molecule has 6 heteroatoms. The average Bonchev–Trinajstić information content (AvgIpc) is 2.56. The largest absolute Gasteiger partial charge is 0.341 e. The molecule has 24 heavy (non-hydrogen) atoms. The highest BCUT2D eigenvalue weighted by Crippen LogP contribution is 2.22. The van der Waals surface area contributed by atoms with Gasteiger partial charge in [-0.05, 0) is 37.4 Å². The first-order valence-electron chi connectivity index (χ1n) is 7.18. The van der Waals surface area contributed by atoms with E-state index < -0.39 is 0 Å². The van der Waals surface area contributed by atoms with E-state index in [1.165, 1.54) is 11.8 Å². The number of thioether (sulfide) groups is 1. The summed E-state index contributed by atoms with van der Waals surface area (Å²) >= 11 is 9.88. The predicted octanol–water partition coefficient (Wildman–Crippen LogP) is 5.27. The Labute approximate surface area is 159 Å². The number of carbonyl (C=O) groups excluding carboxylic acids is 2. The van der Waals surface area contributed by atoms with Gasteiger partial charge in [-0.25, -0.2) is 0 Å². The monoisotopic (exact) mass is 421 g/mol. The van der Waals surface area contributed by atoms with Crippen molar-refractivity contribution < 1.29 is 9.59 Å². The molecule has 0 aliphatic carbocycles. The molecule has 0 spiro atoms. The number of carbonyl (C=O) groups is 2. The van der Waals surface area contributed by atoms with Crippen LogP contribution in [-0.2, 0) is 0 Å². The van der Waals surface area contributed by atoms with Gasteiger partial charge in [0.25, 0.3) is 0 Å². The molecule has 0 bridgehead atoms. The van der Waals surface area contributed by atoms with Gasteiger partial charge in [-0.15, -0.1) is 11.8 Å². The van der Waals surface area contributed by atoms with Crippen molar-refractivity contribution in [3.05, 3.63) is 63.6 Å². The smallest absolute Gasteiger partial charge is 0.172 e. The number of ketones is 2. The molecule has 0 fully saturated rings. The molecule has 0 saturated carbocycles. The number of thiocarbonyl (C=S) groups is 1. The number of rotatable bonds is 5. The van der Waals surface area contributed by atoms with E-state index in [9.17, 15) is 9.59 Å². The maximum absolute atomic E-state index is 12.6. The molecular formula is C18H16BrNO2S2. The maximum atomic E-state index is 12.6. The van der Waals surface area contributed by atoms with E-state index in [-0.39, 0.29) is 18.0 Å². The van der Waals surface area contributed by atoms with Crippen molar-refractivity contribution >= 4 is 61.5 Å². The molecular weight excluding hydrogens is 406 g/mol. The highest BCUT2D eigenvalue weighted by molar-refractivity contribution is 9.10. The van der Waals surface area contributed by atoms with E-state index in [1.807, 2.05) is 25.3 Å². The van der Waals surface area contributed by atoms with Gasteiger partial charge in [0, 0.05) is 15.6 Å². The molecule has 124 valence electrons. The van der Waals surface area contributed by atoms with Crippen molar-refractivity contribution in [2.45, 2.75) is 13.3 Å². The van der Waals surface area contributed by atoms with Crippen molar-refractivity contribution in [3.63, 3.8) is 0 Å². The number of Topliss-reactive ketones (excluding diaryl/α,β-unsaturated/α-hetero) is 2. The van der Waals surface area contributed by atoms with E-state index in [2.05, 4.69) is 21.2 Å². The Balaban J connectivity index is 2.22. The van der Waals surface area contributed by atoms with Gasteiger partial charge in [0.1, 0.15) is 4.32 Å². The van der Waals surface area contributed by atoms with Crippen LogP contribution in [0.15, 0.2) is 46.9 Å². The quantitative estimate of drug-likeness (QED) is 0.404. The highest BCUT2D eigenvalue weighted by Gasteiger charge is 2.17. The first-order chi connectivity index (χ1) is 11.4. The SMILES string of the molecule is CSC(=S)Nc1ccc(C)cc1C(=O)CC(=O)c1ccc(Br)cc1. The molecule has 0 heterocycles. The van der Waals surface area contributed by atoms with Crippen LogP contribution in [0.3, 0.4) is 0 Å². The Kier molecular flexibility index (Phi) is 6.71. The minimum absolute atomic E-state index is 0.175. The Morgan fingerprint density at radius 1 is 1.12 bits per heavy atom. The van der Waals surface area contributed by atoms with Crippen LogP contribution in [0, 0.1) is 6.92 Å². The number of benzene rings is 2. The normalized spacial score (nSPS) is 10.3. The summed E-state index contributed by atoms with van der Waals surface area (Å²) in [5, 5.41) is 3.04. The summed E-state index contributed by atoms with van der Waals surface area (Å²) in [7, 11) is 0. The van der Waals surface area contributed by atoms with Gasteiger partial charge in [0.05, 0.1) is 12.1 Å². The van der Waals surface area contributed by atoms with Crippen molar-refractivity contribution in [3.8, 4) is 0 Å². The molecule has 0 radical (unpaired) electrons. The zero-order chi connectivity index (χ0) is 17.7. The molecule has 0 atom stereocenters. The lowest BCUT2D eigenvalue weighted by atomic mass is 9.99. The summed E-state index contributed by atoms with van der Waals surface area (Å²) in [5.74, 6) is -0.426. The number of nitrogens with one attached hydrogen (secondary N) is 1. The minimum Gasteiger partial charge on any atom is -0.341 e. The molecule has 2 aromatic rings. The first-order valence-corrected chi connectivity index (χ1v) is 9.61. The maximum Gasteiger partial charge on any atom is 0.172 e. The Morgan fingerprint density at radius 3 is 2.42 bits per heavy atom. The minimum atomic E-state index is -0.224. The van der Waals surface area contributed by atoms with Gasteiger partial charge in [-0.2, -0.15) is 0 Å². The van der Waals surface area contributed by atoms with Crippen LogP contribution < -0.4 is 5.32 Å². The van der Waals surface area contributed by atoms with Gasteiger partial charge < -0.3 is 5.32 Å². The zero-order valence-electron chi connectivity index (χ0n) is 13.3. The Hall–Kier alpha value is -1.50. The van der Waals surface area contributed by atoms with E-state index in [4.69, 9.17) is 12.2 Å². The summed E-state index contributed by atoms with van der Waals surface area (Å²) in [6.07, 6.45) is 1.69. The third-order valence-electron chi connectivity index (χ3n) is 3.38. The van der Waals surface area contributed by atoms with Crippen molar-refractivity contribution in [1.82, 2.24) is 0 Å². The van der Waals surface area contributed by atoms with Gasteiger partial charge >= 0.3 is 0 Å². The summed E-state index contributed by atoms with van der Waals surface area (Å²) in [6.45, 7) is 1.91. The topological polar surface area (TPSA) is 46.2 Å². The third-order valence-corrected chi connectivity index (χ3v) is 4.99. The second kappa shape index (κ2) is 8.55.